The first kappa shape index (κ1) is 23.7. The number of hydrogen-bond donors (Lipinski definition) is 0. The van der Waals surface area contributed by atoms with Gasteiger partial charge in [-0.1, -0.05) is 32.9 Å². The average Bonchev–Trinajstić information content (AvgIpc) is 3.28. The average molecular weight is 465 g/mol. The van der Waals surface area contributed by atoms with Crippen molar-refractivity contribution in [3.8, 4) is 17.0 Å². The Morgan fingerprint density at radius 2 is 1.82 bits per heavy atom. The Labute approximate surface area is 199 Å². The predicted octanol–water partition coefficient (Wildman–Crippen LogP) is 4.12. The number of esters is 1. The van der Waals surface area contributed by atoms with E-state index in [1.807, 2.05) is 30.3 Å². The zero-order chi connectivity index (χ0) is 24.5. The number of ether oxygens (including phenoxy) is 2. The third-order valence-electron chi connectivity index (χ3n) is 6.20. The van der Waals surface area contributed by atoms with Crippen LogP contribution in [-0.4, -0.2) is 58.2 Å². The number of piperidine rings is 1. The van der Waals surface area contributed by atoms with E-state index in [9.17, 15) is 9.59 Å². The number of benzene rings is 1. The minimum atomic E-state index is -0.179. The molecule has 1 fully saturated rings. The standard InChI is InChI=1S/C26H32N4O4/c1-6-34-25(32)17-11-13-29(14-12-17)24(31)19-15-20(18-9-7-8-10-21(18)33-5)30-23(27-19)16-22(28-30)26(2,3)4/h7-10,15-17H,6,11-14H2,1-5H3. The number of nitrogens with zero attached hydrogens (tertiary/aromatic N) is 4. The fourth-order valence-corrected chi connectivity index (χ4v) is 4.24. The number of fused-ring (bicyclic) bond motifs is 1. The maximum absolute atomic E-state index is 13.5. The lowest BCUT2D eigenvalue weighted by Crippen LogP contribution is -2.41. The lowest BCUT2D eigenvalue weighted by Gasteiger charge is -2.30. The molecule has 8 nitrogen and oxygen atoms in total. The molecule has 3 aromatic rings. The third-order valence-corrected chi connectivity index (χ3v) is 6.20. The fraction of sp³-hybridized carbons (Fsp3) is 0.462. The summed E-state index contributed by atoms with van der Waals surface area (Å²) in [5, 5.41) is 4.82. The van der Waals surface area contributed by atoms with Gasteiger partial charge in [0.05, 0.1) is 31.0 Å². The molecule has 180 valence electrons. The zero-order valence-electron chi connectivity index (χ0n) is 20.5. The van der Waals surface area contributed by atoms with Crippen molar-refractivity contribution >= 4 is 17.5 Å². The number of carbonyl (C=O) groups is 2. The number of rotatable bonds is 5. The van der Waals surface area contributed by atoms with Gasteiger partial charge in [-0.05, 0) is 38.0 Å². The largest absolute Gasteiger partial charge is 0.496 e. The minimum Gasteiger partial charge on any atom is -0.496 e. The quantitative estimate of drug-likeness (QED) is 0.528. The number of hydrogen-bond acceptors (Lipinski definition) is 6. The number of likely N-dealkylation sites (tertiary alicyclic amines) is 1. The number of carbonyl (C=O) groups excluding carboxylic acids is 2. The van der Waals surface area contributed by atoms with Crippen LogP contribution in [0.3, 0.4) is 0 Å². The van der Waals surface area contributed by atoms with Gasteiger partial charge in [-0.15, -0.1) is 0 Å². The van der Waals surface area contributed by atoms with Crippen LogP contribution >= 0.6 is 0 Å². The molecule has 3 heterocycles. The summed E-state index contributed by atoms with van der Waals surface area (Å²) in [6.07, 6.45) is 1.18. The molecule has 0 radical (unpaired) electrons. The smallest absolute Gasteiger partial charge is 0.309 e. The third kappa shape index (κ3) is 4.62. The summed E-state index contributed by atoms with van der Waals surface area (Å²) >= 11 is 0. The minimum absolute atomic E-state index is 0.153. The van der Waals surface area contributed by atoms with Crippen LogP contribution in [0.4, 0.5) is 0 Å². The first-order valence-electron chi connectivity index (χ1n) is 11.7. The molecule has 0 N–H and O–H groups in total. The van der Waals surface area contributed by atoms with Crippen LogP contribution in [0.15, 0.2) is 36.4 Å². The van der Waals surface area contributed by atoms with Crippen molar-refractivity contribution in [2.75, 3.05) is 26.8 Å². The highest BCUT2D eigenvalue weighted by atomic mass is 16.5. The molecule has 8 heteroatoms. The number of para-hydroxylation sites is 1. The number of aromatic nitrogens is 3. The van der Waals surface area contributed by atoms with E-state index in [2.05, 4.69) is 25.8 Å². The van der Waals surface area contributed by atoms with E-state index in [4.69, 9.17) is 14.6 Å². The van der Waals surface area contributed by atoms with E-state index < -0.39 is 0 Å². The Kier molecular flexibility index (Phi) is 6.59. The van der Waals surface area contributed by atoms with Crippen LogP contribution in [0, 0.1) is 5.92 Å². The second-order valence-corrected chi connectivity index (χ2v) is 9.60. The molecular formula is C26H32N4O4. The second-order valence-electron chi connectivity index (χ2n) is 9.60. The Hall–Kier alpha value is -3.42. The molecule has 0 bridgehead atoms. The fourth-order valence-electron chi connectivity index (χ4n) is 4.24. The maximum atomic E-state index is 13.5. The first-order chi connectivity index (χ1) is 16.2. The van der Waals surface area contributed by atoms with Crippen LogP contribution in [-0.2, 0) is 14.9 Å². The Balaban J connectivity index is 1.72. The Bertz CT molecular complexity index is 1200. The highest BCUT2D eigenvalue weighted by Crippen LogP contribution is 2.32. The van der Waals surface area contributed by atoms with Crippen molar-refractivity contribution in [2.24, 2.45) is 5.92 Å². The Morgan fingerprint density at radius 1 is 1.12 bits per heavy atom. The maximum Gasteiger partial charge on any atom is 0.309 e. The van der Waals surface area contributed by atoms with Gasteiger partial charge in [0.1, 0.15) is 11.4 Å². The van der Waals surface area contributed by atoms with Crippen molar-refractivity contribution < 1.29 is 19.1 Å². The van der Waals surface area contributed by atoms with Crippen molar-refractivity contribution in [3.05, 3.63) is 47.8 Å². The lowest BCUT2D eigenvalue weighted by molar-refractivity contribution is -0.149. The highest BCUT2D eigenvalue weighted by Gasteiger charge is 2.30. The summed E-state index contributed by atoms with van der Waals surface area (Å²) < 4.78 is 12.5. The number of methoxy groups -OCH3 is 1. The van der Waals surface area contributed by atoms with Gasteiger partial charge in [0, 0.05) is 30.1 Å². The van der Waals surface area contributed by atoms with E-state index >= 15 is 0 Å². The molecule has 1 aliphatic rings. The van der Waals surface area contributed by atoms with Gasteiger partial charge in [-0.25, -0.2) is 9.50 Å². The summed E-state index contributed by atoms with van der Waals surface area (Å²) in [6, 6.07) is 11.4. The van der Waals surface area contributed by atoms with Crippen LogP contribution in [0.5, 0.6) is 5.75 Å². The van der Waals surface area contributed by atoms with Crippen molar-refractivity contribution in [1.29, 1.82) is 0 Å². The van der Waals surface area contributed by atoms with Crippen LogP contribution in [0.25, 0.3) is 16.9 Å². The molecule has 34 heavy (non-hydrogen) atoms. The molecule has 0 unspecified atom stereocenters. The van der Waals surface area contributed by atoms with Crippen molar-refractivity contribution in [1.82, 2.24) is 19.5 Å². The van der Waals surface area contributed by atoms with Crippen LogP contribution < -0.4 is 4.74 Å². The molecule has 0 spiro atoms. The van der Waals surface area contributed by atoms with E-state index in [1.165, 1.54) is 0 Å². The second kappa shape index (κ2) is 9.44. The molecule has 1 saturated heterocycles. The van der Waals surface area contributed by atoms with Gasteiger partial charge in [-0.2, -0.15) is 5.10 Å². The summed E-state index contributed by atoms with van der Waals surface area (Å²) in [5.74, 6) is 0.199. The van der Waals surface area contributed by atoms with Gasteiger partial charge >= 0.3 is 5.97 Å². The molecular weight excluding hydrogens is 432 g/mol. The Morgan fingerprint density at radius 3 is 2.47 bits per heavy atom. The van der Waals surface area contributed by atoms with E-state index in [0.29, 0.717) is 49.6 Å². The number of amides is 1. The molecule has 0 atom stereocenters. The summed E-state index contributed by atoms with van der Waals surface area (Å²) in [7, 11) is 1.63. The molecule has 0 saturated carbocycles. The van der Waals surface area contributed by atoms with Gasteiger partial charge in [-0.3, -0.25) is 9.59 Å². The van der Waals surface area contributed by atoms with E-state index in [-0.39, 0.29) is 23.2 Å². The summed E-state index contributed by atoms with van der Waals surface area (Å²) in [4.78, 5) is 32.0. The van der Waals surface area contributed by atoms with Gasteiger partial charge < -0.3 is 14.4 Å². The van der Waals surface area contributed by atoms with Crippen molar-refractivity contribution in [2.45, 2.75) is 46.0 Å². The highest BCUT2D eigenvalue weighted by molar-refractivity contribution is 5.94. The van der Waals surface area contributed by atoms with Crippen molar-refractivity contribution in [3.63, 3.8) is 0 Å². The topological polar surface area (TPSA) is 86.0 Å². The molecule has 1 aromatic carbocycles. The van der Waals surface area contributed by atoms with Gasteiger partial charge in [0.25, 0.3) is 5.91 Å². The molecule has 1 aliphatic heterocycles. The van der Waals surface area contributed by atoms with E-state index in [0.717, 1.165) is 17.0 Å². The summed E-state index contributed by atoms with van der Waals surface area (Å²) in [5.41, 5.74) is 3.24. The van der Waals surface area contributed by atoms with E-state index in [1.54, 1.807) is 29.5 Å². The first-order valence-corrected chi connectivity index (χ1v) is 11.7. The van der Waals surface area contributed by atoms with Crippen LogP contribution in [0.2, 0.25) is 0 Å². The van der Waals surface area contributed by atoms with Gasteiger partial charge in [0.2, 0.25) is 0 Å². The predicted molar refractivity (Wildman–Crippen MR) is 129 cm³/mol. The lowest BCUT2D eigenvalue weighted by atomic mass is 9.93. The van der Waals surface area contributed by atoms with Crippen LogP contribution in [0.1, 0.15) is 56.7 Å². The molecule has 4 rings (SSSR count). The normalized spacial score (nSPS) is 14.9. The molecule has 1 amide bonds. The molecule has 0 aliphatic carbocycles. The monoisotopic (exact) mass is 464 g/mol. The zero-order valence-corrected chi connectivity index (χ0v) is 20.5. The van der Waals surface area contributed by atoms with Gasteiger partial charge in [0.15, 0.2) is 5.65 Å². The molecule has 2 aromatic heterocycles. The SMILES string of the molecule is CCOC(=O)C1CCN(C(=O)c2cc(-c3ccccc3OC)n3nc(C(C)(C)C)cc3n2)CC1. The summed E-state index contributed by atoms with van der Waals surface area (Å²) in [6.45, 7) is 9.44.